The molecule has 0 aliphatic rings. The smallest absolute Gasteiger partial charge is 0.251 e. The fraction of sp³-hybridized carbons (Fsp3) is 0.200. The van der Waals surface area contributed by atoms with Crippen LogP contribution in [-0.4, -0.2) is 24.9 Å². The number of rotatable bonds is 4. The maximum absolute atomic E-state index is 12.0. The van der Waals surface area contributed by atoms with E-state index in [9.17, 15) is 9.59 Å². The first-order chi connectivity index (χ1) is 11.6. The molecule has 0 radical (unpaired) electrons. The zero-order valence-corrected chi connectivity index (χ0v) is 13.8. The lowest BCUT2D eigenvalue weighted by Crippen LogP contribution is -2.37. The van der Waals surface area contributed by atoms with Crippen molar-refractivity contribution >= 4 is 11.8 Å². The van der Waals surface area contributed by atoms with Crippen LogP contribution in [0.15, 0.2) is 48.5 Å². The van der Waals surface area contributed by atoms with Gasteiger partial charge in [0, 0.05) is 11.1 Å². The highest BCUT2D eigenvalue weighted by molar-refractivity contribution is 5.96. The van der Waals surface area contributed by atoms with Gasteiger partial charge < -0.3 is 10.6 Å². The predicted octanol–water partition coefficient (Wildman–Crippen LogP) is 2.20. The molecule has 0 aliphatic carbocycles. The second kappa shape index (κ2) is 8.54. The third-order valence-electron chi connectivity index (χ3n) is 3.56. The lowest BCUT2D eigenvalue weighted by molar-refractivity contribution is -0.119. The number of carbonyl (C=O) groups excluding carboxylic acids is 2. The van der Waals surface area contributed by atoms with Crippen LogP contribution >= 0.6 is 0 Å². The largest absolute Gasteiger partial charge is 0.344 e. The number of benzene rings is 2. The van der Waals surface area contributed by atoms with Gasteiger partial charge in [-0.25, -0.2) is 0 Å². The van der Waals surface area contributed by atoms with E-state index in [0.29, 0.717) is 5.56 Å². The Hall–Kier alpha value is -3.06. The first-order valence-electron chi connectivity index (χ1n) is 7.72. The van der Waals surface area contributed by atoms with Gasteiger partial charge in [-0.2, -0.15) is 0 Å². The van der Waals surface area contributed by atoms with Crippen LogP contribution in [0.4, 0.5) is 0 Å². The summed E-state index contributed by atoms with van der Waals surface area (Å²) < 4.78 is 0. The van der Waals surface area contributed by atoms with E-state index in [1.807, 2.05) is 56.3 Å². The van der Waals surface area contributed by atoms with Crippen LogP contribution in [0, 0.1) is 25.7 Å². The molecule has 0 saturated heterocycles. The maximum atomic E-state index is 12.0. The van der Waals surface area contributed by atoms with E-state index >= 15 is 0 Å². The maximum Gasteiger partial charge on any atom is 0.251 e. The molecule has 0 spiro atoms. The lowest BCUT2D eigenvalue weighted by Gasteiger charge is -2.07. The molecule has 2 aromatic rings. The van der Waals surface area contributed by atoms with Gasteiger partial charge in [-0.05, 0) is 49.2 Å². The molecular weight excluding hydrogens is 300 g/mol. The van der Waals surface area contributed by atoms with Gasteiger partial charge in [0.05, 0.1) is 13.1 Å². The predicted molar refractivity (Wildman–Crippen MR) is 94.6 cm³/mol. The highest BCUT2D eigenvalue weighted by Gasteiger charge is 2.08. The number of amides is 2. The Morgan fingerprint density at radius 3 is 2.42 bits per heavy atom. The summed E-state index contributed by atoms with van der Waals surface area (Å²) >= 11 is 0. The molecule has 0 bridgehead atoms. The van der Waals surface area contributed by atoms with Crippen LogP contribution < -0.4 is 10.6 Å². The van der Waals surface area contributed by atoms with Crippen molar-refractivity contribution in [3.63, 3.8) is 0 Å². The second-order valence-electron chi connectivity index (χ2n) is 5.43. The van der Waals surface area contributed by atoms with Gasteiger partial charge in [-0.1, -0.05) is 36.1 Å². The second-order valence-corrected chi connectivity index (χ2v) is 5.43. The molecule has 2 amide bonds. The van der Waals surface area contributed by atoms with E-state index in [1.165, 1.54) is 0 Å². The molecule has 0 saturated carbocycles. The van der Waals surface area contributed by atoms with Crippen molar-refractivity contribution in [2.24, 2.45) is 0 Å². The molecule has 0 fully saturated rings. The van der Waals surface area contributed by atoms with E-state index in [1.54, 1.807) is 6.07 Å². The van der Waals surface area contributed by atoms with Crippen molar-refractivity contribution in [3.8, 4) is 11.8 Å². The van der Waals surface area contributed by atoms with Crippen LogP contribution in [0.1, 0.15) is 27.0 Å². The van der Waals surface area contributed by atoms with Crippen LogP contribution in [0.2, 0.25) is 0 Å². The Labute approximate surface area is 142 Å². The third-order valence-corrected chi connectivity index (χ3v) is 3.56. The summed E-state index contributed by atoms with van der Waals surface area (Å²) in [7, 11) is 0. The number of nitrogens with one attached hydrogen (secondary N) is 2. The van der Waals surface area contributed by atoms with Crippen molar-refractivity contribution in [1.29, 1.82) is 0 Å². The summed E-state index contributed by atoms with van der Waals surface area (Å²) in [4.78, 5) is 23.7. The number of hydrogen-bond donors (Lipinski definition) is 2. The van der Waals surface area contributed by atoms with Gasteiger partial charge >= 0.3 is 0 Å². The molecule has 0 atom stereocenters. The molecule has 24 heavy (non-hydrogen) atoms. The van der Waals surface area contributed by atoms with Crippen LogP contribution in [-0.2, 0) is 4.79 Å². The summed E-state index contributed by atoms with van der Waals surface area (Å²) in [5, 5.41) is 5.26. The Morgan fingerprint density at radius 1 is 0.958 bits per heavy atom. The summed E-state index contributed by atoms with van der Waals surface area (Å²) in [6.07, 6.45) is 0. The van der Waals surface area contributed by atoms with Gasteiger partial charge in [0.1, 0.15) is 0 Å². The first kappa shape index (κ1) is 17.3. The summed E-state index contributed by atoms with van der Waals surface area (Å²) in [6, 6.07) is 15.0. The Morgan fingerprint density at radius 2 is 1.71 bits per heavy atom. The minimum atomic E-state index is -0.269. The van der Waals surface area contributed by atoms with Crippen LogP contribution in [0.5, 0.6) is 0 Å². The molecule has 2 rings (SSSR count). The average molecular weight is 320 g/mol. The molecule has 0 aromatic heterocycles. The number of carbonyl (C=O) groups is 2. The van der Waals surface area contributed by atoms with Gasteiger partial charge in [0.25, 0.3) is 5.91 Å². The summed E-state index contributed by atoms with van der Waals surface area (Å²) in [6.45, 7) is 4.11. The van der Waals surface area contributed by atoms with Gasteiger partial charge in [-0.15, -0.1) is 0 Å². The van der Waals surface area contributed by atoms with Crippen molar-refractivity contribution < 1.29 is 9.59 Å². The molecular formula is C20H20N2O2. The number of hydrogen-bond acceptors (Lipinski definition) is 2. The molecule has 4 heteroatoms. The van der Waals surface area contributed by atoms with Crippen LogP contribution in [0.3, 0.4) is 0 Å². The molecule has 2 aromatic carbocycles. The van der Waals surface area contributed by atoms with E-state index in [4.69, 9.17) is 0 Å². The molecule has 0 heterocycles. The standard InChI is InChI=1S/C20H20N2O2/c1-15-10-11-18(13-16(15)2)20(24)22-14-19(23)21-12-6-9-17-7-4-3-5-8-17/h3-5,7-8,10-11,13H,12,14H2,1-2H3,(H,21,23)(H,22,24). The van der Waals surface area contributed by atoms with Crippen molar-refractivity contribution in [2.75, 3.05) is 13.1 Å². The minimum Gasteiger partial charge on any atom is -0.344 e. The van der Waals surface area contributed by atoms with Crippen LogP contribution in [0.25, 0.3) is 0 Å². The Balaban J connectivity index is 1.76. The number of aryl methyl sites for hydroxylation is 2. The van der Waals surface area contributed by atoms with Crippen molar-refractivity contribution in [3.05, 3.63) is 70.8 Å². The topological polar surface area (TPSA) is 58.2 Å². The van der Waals surface area contributed by atoms with Crippen molar-refractivity contribution in [1.82, 2.24) is 10.6 Å². The third kappa shape index (κ3) is 5.29. The highest BCUT2D eigenvalue weighted by Crippen LogP contribution is 2.09. The fourth-order valence-corrected chi connectivity index (χ4v) is 2.02. The van der Waals surface area contributed by atoms with E-state index in [0.717, 1.165) is 16.7 Å². The molecule has 122 valence electrons. The normalized spacial score (nSPS) is 9.58. The van der Waals surface area contributed by atoms with E-state index in [-0.39, 0.29) is 24.9 Å². The Kier molecular flexibility index (Phi) is 6.16. The minimum absolute atomic E-state index is 0.0707. The molecule has 0 unspecified atom stereocenters. The molecule has 0 aliphatic heterocycles. The molecule has 4 nitrogen and oxygen atoms in total. The SMILES string of the molecule is Cc1ccc(C(=O)NCC(=O)NCC#Cc2ccccc2)cc1C. The Bertz CT molecular complexity index is 786. The molecule has 2 N–H and O–H groups in total. The van der Waals surface area contributed by atoms with E-state index in [2.05, 4.69) is 22.5 Å². The van der Waals surface area contributed by atoms with E-state index < -0.39 is 0 Å². The van der Waals surface area contributed by atoms with Gasteiger partial charge in [0.15, 0.2) is 0 Å². The summed E-state index contributed by atoms with van der Waals surface area (Å²) in [5.74, 6) is 5.29. The first-order valence-corrected chi connectivity index (χ1v) is 7.72. The van der Waals surface area contributed by atoms with Gasteiger partial charge in [-0.3, -0.25) is 9.59 Å². The highest BCUT2D eigenvalue weighted by atomic mass is 16.2. The zero-order chi connectivity index (χ0) is 17.4. The zero-order valence-electron chi connectivity index (χ0n) is 13.8. The van der Waals surface area contributed by atoms with Crippen molar-refractivity contribution in [2.45, 2.75) is 13.8 Å². The van der Waals surface area contributed by atoms with Gasteiger partial charge in [0.2, 0.25) is 5.91 Å². The fourth-order valence-electron chi connectivity index (χ4n) is 2.02. The monoisotopic (exact) mass is 320 g/mol. The summed E-state index contributed by atoms with van der Waals surface area (Å²) in [5.41, 5.74) is 3.62. The quantitative estimate of drug-likeness (QED) is 0.849. The lowest BCUT2D eigenvalue weighted by atomic mass is 10.1. The average Bonchev–Trinajstić information content (AvgIpc) is 2.60.